The third-order valence-corrected chi connectivity index (χ3v) is 5.10. The SMILES string of the molecule is Cc1cc(C(=O)NC2CCCCC2)ccc1NC(=O)NC(C)Cn1ccnc1. The lowest BCUT2D eigenvalue weighted by atomic mass is 9.95. The first-order chi connectivity index (χ1) is 13.5. The summed E-state index contributed by atoms with van der Waals surface area (Å²) in [6.45, 7) is 4.47. The van der Waals surface area contributed by atoms with E-state index >= 15 is 0 Å². The van der Waals surface area contributed by atoms with E-state index in [-0.39, 0.29) is 24.0 Å². The molecule has 0 aliphatic heterocycles. The second-order valence-electron chi connectivity index (χ2n) is 7.60. The Morgan fingerprint density at radius 2 is 2.04 bits per heavy atom. The van der Waals surface area contributed by atoms with Crippen molar-refractivity contribution in [1.29, 1.82) is 0 Å². The van der Waals surface area contributed by atoms with Gasteiger partial charge in [0, 0.05) is 42.3 Å². The number of hydrogen-bond acceptors (Lipinski definition) is 3. The molecular formula is C21H29N5O2. The maximum absolute atomic E-state index is 12.5. The lowest BCUT2D eigenvalue weighted by molar-refractivity contribution is 0.0927. The summed E-state index contributed by atoms with van der Waals surface area (Å²) in [7, 11) is 0. The number of aromatic nitrogens is 2. The van der Waals surface area contributed by atoms with Crippen LogP contribution >= 0.6 is 0 Å². The standard InChI is InChI=1S/C21H29N5O2/c1-15-12-17(20(27)24-18-6-4-3-5-7-18)8-9-19(15)25-21(28)23-16(2)13-26-11-10-22-14-26/h8-12,14,16,18H,3-7,13H2,1-2H3,(H,24,27)(H2,23,25,28). The number of carbonyl (C=O) groups excluding carboxylic acids is 2. The third-order valence-electron chi connectivity index (χ3n) is 5.10. The van der Waals surface area contributed by atoms with Crippen molar-refractivity contribution >= 4 is 17.6 Å². The Bertz CT molecular complexity index is 797. The molecule has 0 spiro atoms. The van der Waals surface area contributed by atoms with E-state index in [1.165, 1.54) is 19.3 Å². The van der Waals surface area contributed by atoms with Gasteiger partial charge in [0.2, 0.25) is 0 Å². The molecule has 2 aromatic rings. The summed E-state index contributed by atoms with van der Waals surface area (Å²) in [5.41, 5.74) is 2.18. The summed E-state index contributed by atoms with van der Waals surface area (Å²) < 4.78 is 1.91. The number of nitrogens with one attached hydrogen (secondary N) is 3. The average Bonchev–Trinajstić information content (AvgIpc) is 3.17. The van der Waals surface area contributed by atoms with Crippen molar-refractivity contribution in [3.05, 3.63) is 48.0 Å². The van der Waals surface area contributed by atoms with Crippen molar-refractivity contribution in [2.45, 2.75) is 64.6 Å². The molecule has 150 valence electrons. The maximum Gasteiger partial charge on any atom is 0.319 e. The van der Waals surface area contributed by atoms with Gasteiger partial charge in [-0.2, -0.15) is 0 Å². The molecule has 3 N–H and O–H groups in total. The fraction of sp³-hybridized carbons (Fsp3) is 0.476. The Hall–Kier alpha value is -2.83. The van der Waals surface area contributed by atoms with Gasteiger partial charge in [-0.3, -0.25) is 4.79 Å². The number of anilines is 1. The quantitative estimate of drug-likeness (QED) is 0.714. The molecule has 1 unspecified atom stereocenters. The predicted molar refractivity (Wildman–Crippen MR) is 109 cm³/mol. The van der Waals surface area contributed by atoms with Crippen LogP contribution < -0.4 is 16.0 Å². The summed E-state index contributed by atoms with van der Waals surface area (Å²) in [6, 6.07) is 5.33. The molecule has 1 atom stereocenters. The van der Waals surface area contributed by atoms with E-state index in [2.05, 4.69) is 20.9 Å². The molecule has 1 saturated carbocycles. The highest BCUT2D eigenvalue weighted by molar-refractivity contribution is 5.96. The van der Waals surface area contributed by atoms with E-state index in [1.54, 1.807) is 24.7 Å². The molecule has 1 aromatic heterocycles. The average molecular weight is 383 g/mol. The fourth-order valence-electron chi connectivity index (χ4n) is 3.60. The number of benzene rings is 1. The summed E-state index contributed by atoms with van der Waals surface area (Å²) in [4.78, 5) is 28.7. The van der Waals surface area contributed by atoms with Gasteiger partial charge in [0.05, 0.1) is 6.33 Å². The molecule has 1 aliphatic rings. The van der Waals surface area contributed by atoms with Gasteiger partial charge >= 0.3 is 6.03 Å². The Morgan fingerprint density at radius 1 is 1.25 bits per heavy atom. The van der Waals surface area contributed by atoms with Crippen LogP contribution in [-0.2, 0) is 6.54 Å². The second kappa shape index (κ2) is 9.39. The molecule has 28 heavy (non-hydrogen) atoms. The van der Waals surface area contributed by atoms with Crippen LogP contribution in [0.2, 0.25) is 0 Å². The van der Waals surface area contributed by atoms with Crippen molar-refractivity contribution < 1.29 is 9.59 Å². The molecule has 1 fully saturated rings. The highest BCUT2D eigenvalue weighted by atomic mass is 16.2. The van der Waals surface area contributed by atoms with Crippen LogP contribution in [-0.4, -0.2) is 33.6 Å². The highest BCUT2D eigenvalue weighted by Crippen LogP contribution is 2.20. The molecular weight excluding hydrogens is 354 g/mol. The number of imidazole rings is 1. The van der Waals surface area contributed by atoms with Crippen LogP contribution in [0.1, 0.15) is 54.9 Å². The van der Waals surface area contributed by atoms with E-state index in [9.17, 15) is 9.59 Å². The molecule has 1 aromatic carbocycles. The Morgan fingerprint density at radius 3 is 2.71 bits per heavy atom. The number of amides is 3. The number of carbonyl (C=O) groups is 2. The van der Waals surface area contributed by atoms with E-state index < -0.39 is 0 Å². The number of aryl methyl sites for hydroxylation is 1. The molecule has 7 nitrogen and oxygen atoms in total. The zero-order valence-corrected chi connectivity index (χ0v) is 16.6. The van der Waals surface area contributed by atoms with Crippen LogP contribution in [0.3, 0.4) is 0 Å². The van der Waals surface area contributed by atoms with Gasteiger partial charge in [-0.25, -0.2) is 9.78 Å². The summed E-state index contributed by atoms with van der Waals surface area (Å²) in [5.74, 6) is -0.0417. The van der Waals surface area contributed by atoms with Crippen molar-refractivity contribution in [2.75, 3.05) is 5.32 Å². The van der Waals surface area contributed by atoms with E-state index in [0.717, 1.165) is 18.4 Å². The predicted octanol–water partition coefficient (Wildman–Crippen LogP) is 3.46. The van der Waals surface area contributed by atoms with Crippen LogP contribution in [0.25, 0.3) is 0 Å². The number of urea groups is 1. The molecule has 1 heterocycles. The largest absolute Gasteiger partial charge is 0.349 e. The van der Waals surface area contributed by atoms with Crippen LogP contribution in [0.4, 0.5) is 10.5 Å². The van der Waals surface area contributed by atoms with Crippen molar-refractivity contribution in [2.24, 2.45) is 0 Å². The third kappa shape index (κ3) is 5.58. The van der Waals surface area contributed by atoms with Crippen LogP contribution in [0, 0.1) is 6.92 Å². The highest BCUT2D eigenvalue weighted by Gasteiger charge is 2.17. The summed E-state index contributed by atoms with van der Waals surface area (Å²) in [5, 5.41) is 8.89. The minimum Gasteiger partial charge on any atom is -0.349 e. The first-order valence-corrected chi connectivity index (χ1v) is 9.96. The Kier molecular flexibility index (Phi) is 6.68. The first-order valence-electron chi connectivity index (χ1n) is 9.96. The number of hydrogen-bond donors (Lipinski definition) is 3. The van der Waals surface area contributed by atoms with Crippen molar-refractivity contribution in [3.8, 4) is 0 Å². The normalized spacial score (nSPS) is 15.6. The Balaban J connectivity index is 1.52. The number of rotatable bonds is 6. The first kappa shape index (κ1) is 19.9. The van der Waals surface area contributed by atoms with Gasteiger partial charge < -0.3 is 20.5 Å². The van der Waals surface area contributed by atoms with Crippen molar-refractivity contribution in [1.82, 2.24) is 20.2 Å². The molecule has 0 radical (unpaired) electrons. The Labute approximate surface area is 165 Å². The summed E-state index contributed by atoms with van der Waals surface area (Å²) >= 11 is 0. The zero-order valence-electron chi connectivity index (χ0n) is 16.6. The fourth-order valence-corrected chi connectivity index (χ4v) is 3.60. The topological polar surface area (TPSA) is 88.0 Å². The van der Waals surface area contributed by atoms with E-state index in [0.29, 0.717) is 17.8 Å². The molecule has 3 rings (SSSR count). The minimum absolute atomic E-state index is 0.0417. The molecule has 0 bridgehead atoms. The summed E-state index contributed by atoms with van der Waals surface area (Å²) in [6.07, 6.45) is 11.0. The monoisotopic (exact) mass is 383 g/mol. The van der Waals surface area contributed by atoms with Crippen LogP contribution in [0.5, 0.6) is 0 Å². The van der Waals surface area contributed by atoms with Gasteiger partial charge in [-0.1, -0.05) is 19.3 Å². The molecule has 3 amide bonds. The zero-order chi connectivity index (χ0) is 19.9. The van der Waals surface area contributed by atoms with Gasteiger partial charge in [-0.15, -0.1) is 0 Å². The van der Waals surface area contributed by atoms with Crippen molar-refractivity contribution in [3.63, 3.8) is 0 Å². The molecule has 7 heteroatoms. The number of nitrogens with zero attached hydrogens (tertiary/aromatic N) is 2. The maximum atomic E-state index is 12.5. The lowest BCUT2D eigenvalue weighted by Crippen LogP contribution is -2.38. The second-order valence-corrected chi connectivity index (χ2v) is 7.60. The molecule has 1 aliphatic carbocycles. The van der Waals surface area contributed by atoms with Gasteiger partial charge in [0.1, 0.15) is 0 Å². The van der Waals surface area contributed by atoms with Gasteiger partial charge in [0.15, 0.2) is 0 Å². The van der Waals surface area contributed by atoms with Gasteiger partial charge in [0.25, 0.3) is 5.91 Å². The minimum atomic E-state index is -0.268. The van der Waals surface area contributed by atoms with Crippen LogP contribution in [0.15, 0.2) is 36.9 Å². The smallest absolute Gasteiger partial charge is 0.319 e. The lowest BCUT2D eigenvalue weighted by Gasteiger charge is -2.23. The van der Waals surface area contributed by atoms with E-state index in [4.69, 9.17) is 0 Å². The van der Waals surface area contributed by atoms with Gasteiger partial charge in [-0.05, 0) is 50.5 Å². The molecule has 0 saturated heterocycles. The van der Waals surface area contributed by atoms with E-state index in [1.807, 2.05) is 30.7 Å².